The van der Waals surface area contributed by atoms with Crippen LogP contribution in [0.2, 0.25) is 0 Å². The molecule has 0 aliphatic rings. The number of hydrogen-bond acceptors (Lipinski definition) is 4. The number of carbonyl (C=O) groups excluding carboxylic acids is 1. The number of nitrogens with one attached hydrogen (secondary N) is 1. The monoisotopic (exact) mass is 245 g/mol. The molecule has 5 nitrogen and oxygen atoms in total. The summed E-state index contributed by atoms with van der Waals surface area (Å²) in [7, 11) is 0. The second-order valence-corrected chi connectivity index (χ2v) is 4.24. The number of aromatic nitrogens is 1. The van der Waals surface area contributed by atoms with Crippen molar-refractivity contribution in [3.8, 4) is 0 Å². The highest BCUT2D eigenvalue weighted by Crippen LogP contribution is 2.17. The van der Waals surface area contributed by atoms with Gasteiger partial charge in [0.1, 0.15) is 17.5 Å². The van der Waals surface area contributed by atoms with Crippen LogP contribution < -0.4 is 11.1 Å². The van der Waals surface area contributed by atoms with Crippen molar-refractivity contribution in [3.05, 3.63) is 53.9 Å². The van der Waals surface area contributed by atoms with Crippen molar-refractivity contribution in [1.29, 1.82) is 0 Å². The third kappa shape index (κ3) is 2.57. The first-order chi connectivity index (χ1) is 8.60. The van der Waals surface area contributed by atoms with E-state index in [1.165, 1.54) is 6.26 Å². The second-order valence-electron chi connectivity index (χ2n) is 4.24. The number of rotatable bonds is 4. The zero-order valence-electron chi connectivity index (χ0n) is 10.1. The standard InChI is InChI=1S/C13H15N3O2/c1-13(14,10-5-3-2-4-6-10)12(17)15-9-11-7-8-18-16-11/h2-8H,9,14H2,1H3,(H,15,17). The fourth-order valence-corrected chi connectivity index (χ4v) is 1.60. The topological polar surface area (TPSA) is 81.2 Å². The highest BCUT2D eigenvalue weighted by atomic mass is 16.5. The lowest BCUT2D eigenvalue weighted by Gasteiger charge is -2.23. The summed E-state index contributed by atoms with van der Waals surface area (Å²) >= 11 is 0. The molecule has 1 unspecified atom stereocenters. The SMILES string of the molecule is CC(N)(C(=O)NCc1ccon1)c1ccccc1. The molecule has 0 bridgehead atoms. The van der Waals surface area contributed by atoms with E-state index in [9.17, 15) is 4.79 Å². The van der Waals surface area contributed by atoms with Crippen LogP contribution in [-0.4, -0.2) is 11.1 Å². The van der Waals surface area contributed by atoms with Gasteiger partial charge in [-0.1, -0.05) is 35.5 Å². The van der Waals surface area contributed by atoms with Crippen LogP contribution in [0.5, 0.6) is 0 Å². The molecule has 3 N–H and O–H groups in total. The summed E-state index contributed by atoms with van der Waals surface area (Å²) in [4.78, 5) is 12.1. The van der Waals surface area contributed by atoms with Crippen LogP contribution in [0.4, 0.5) is 0 Å². The molecule has 1 amide bonds. The lowest BCUT2D eigenvalue weighted by Crippen LogP contribution is -2.48. The minimum atomic E-state index is -1.06. The molecule has 94 valence electrons. The van der Waals surface area contributed by atoms with E-state index < -0.39 is 5.54 Å². The Morgan fingerprint density at radius 1 is 1.39 bits per heavy atom. The molecular weight excluding hydrogens is 230 g/mol. The van der Waals surface area contributed by atoms with Gasteiger partial charge in [-0.25, -0.2) is 0 Å². The van der Waals surface area contributed by atoms with E-state index in [4.69, 9.17) is 5.73 Å². The van der Waals surface area contributed by atoms with E-state index >= 15 is 0 Å². The molecule has 0 saturated carbocycles. The Balaban J connectivity index is 2.04. The van der Waals surface area contributed by atoms with Gasteiger partial charge in [-0.2, -0.15) is 0 Å². The molecule has 0 aliphatic heterocycles. The molecule has 0 aliphatic carbocycles. The van der Waals surface area contributed by atoms with Crippen LogP contribution in [0.1, 0.15) is 18.2 Å². The van der Waals surface area contributed by atoms with Gasteiger partial charge in [0.15, 0.2) is 0 Å². The summed E-state index contributed by atoms with van der Waals surface area (Å²) in [6, 6.07) is 10.9. The van der Waals surface area contributed by atoms with Crippen molar-refractivity contribution in [2.75, 3.05) is 0 Å². The Bertz CT molecular complexity index is 506. The Morgan fingerprint density at radius 2 is 2.11 bits per heavy atom. The number of nitrogens with zero attached hydrogens (tertiary/aromatic N) is 1. The van der Waals surface area contributed by atoms with Crippen molar-refractivity contribution in [1.82, 2.24) is 10.5 Å². The van der Waals surface area contributed by atoms with Gasteiger partial charge in [-0.3, -0.25) is 4.79 Å². The summed E-state index contributed by atoms with van der Waals surface area (Å²) in [5.74, 6) is -0.253. The first kappa shape index (κ1) is 12.3. The average molecular weight is 245 g/mol. The lowest BCUT2D eigenvalue weighted by atomic mass is 9.92. The van der Waals surface area contributed by atoms with Gasteiger partial charge in [0, 0.05) is 6.07 Å². The summed E-state index contributed by atoms with van der Waals surface area (Å²) in [6.45, 7) is 1.98. The van der Waals surface area contributed by atoms with Gasteiger partial charge >= 0.3 is 0 Å². The van der Waals surface area contributed by atoms with E-state index in [-0.39, 0.29) is 5.91 Å². The smallest absolute Gasteiger partial charge is 0.244 e. The van der Waals surface area contributed by atoms with Crippen LogP contribution in [0.25, 0.3) is 0 Å². The first-order valence-electron chi connectivity index (χ1n) is 5.62. The van der Waals surface area contributed by atoms with E-state index in [1.54, 1.807) is 13.0 Å². The van der Waals surface area contributed by atoms with Gasteiger partial charge in [-0.15, -0.1) is 0 Å². The molecule has 0 fully saturated rings. The number of hydrogen-bond donors (Lipinski definition) is 2. The Hall–Kier alpha value is -2.14. The Kier molecular flexibility index (Phi) is 3.43. The highest BCUT2D eigenvalue weighted by molar-refractivity contribution is 5.86. The van der Waals surface area contributed by atoms with Gasteiger partial charge in [0.25, 0.3) is 0 Å². The van der Waals surface area contributed by atoms with Crippen LogP contribution in [0.15, 0.2) is 47.2 Å². The molecule has 0 radical (unpaired) electrons. The van der Waals surface area contributed by atoms with Gasteiger partial charge < -0.3 is 15.6 Å². The molecule has 2 aromatic rings. The molecule has 0 spiro atoms. The summed E-state index contributed by atoms with van der Waals surface area (Å²) in [5.41, 5.74) is 6.43. The van der Waals surface area contributed by atoms with Gasteiger partial charge in [0.05, 0.1) is 6.54 Å². The van der Waals surface area contributed by atoms with E-state index in [1.807, 2.05) is 30.3 Å². The van der Waals surface area contributed by atoms with Gasteiger partial charge in [0.2, 0.25) is 5.91 Å². The zero-order chi connectivity index (χ0) is 13.0. The van der Waals surface area contributed by atoms with Crippen molar-refractivity contribution in [2.45, 2.75) is 19.0 Å². The molecule has 1 aromatic carbocycles. The molecule has 0 saturated heterocycles. The summed E-state index contributed by atoms with van der Waals surface area (Å²) in [6.07, 6.45) is 1.46. The number of amides is 1. The fourth-order valence-electron chi connectivity index (χ4n) is 1.60. The second kappa shape index (κ2) is 5.01. The maximum absolute atomic E-state index is 12.1. The molecule has 1 atom stereocenters. The molecule has 18 heavy (non-hydrogen) atoms. The number of nitrogens with two attached hydrogens (primary N) is 1. The molecule has 1 aromatic heterocycles. The summed E-state index contributed by atoms with van der Waals surface area (Å²) < 4.78 is 4.68. The predicted molar refractivity (Wildman–Crippen MR) is 66.3 cm³/mol. The largest absolute Gasteiger partial charge is 0.364 e. The average Bonchev–Trinajstić information content (AvgIpc) is 2.90. The molecule has 5 heteroatoms. The van der Waals surface area contributed by atoms with Crippen LogP contribution in [0.3, 0.4) is 0 Å². The quantitative estimate of drug-likeness (QED) is 0.847. The lowest BCUT2D eigenvalue weighted by molar-refractivity contribution is -0.126. The fraction of sp³-hybridized carbons (Fsp3) is 0.231. The maximum Gasteiger partial charge on any atom is 0.244 e. The third-order valence-corrected chi connectivity index (χ3v) is 2.77. The maximum atomic E-state index is 12.1. The van der Waals surface area contributed by atoms with E-state index in [0.29, 0.717) is 12.2 Å². The van der Waals surface area contributed by atoms with Crippen molar-refractivity contribution < 1.29 is 9.32 Å². The Morgan fingerprint density at radius 3 is 2.72 bits per heavy atom. The van der Waals surface area contributed by atoms with E-state index in [0.717, 1.165) is 5.56 Å². The van der Waals surface area contributed by atoms with Crippen LogP contribution in [0, 0.1) is 0 Å². The van der Waals surface area contributed by atoms with Crippen LogP contribution in [-0.2, 0) is 16.9 Å². The molecular formula is C13H15N3O2. The highest BCUT2D eigenvalue weighted by Gasteiger charge is 2.30. The molecule has 2 rings (SSSR count). The number of carbonyl (C=O) groups is 1. The number of benzene rings is 1. The third-order valence-electron chi connectivity index (χ3n) is 2.77. The minimum absolute atomic E-state index is 0.253. The van der Waals surface area contributed by atoms with Crippen molar-refractivity contribution in [3.63, 3.8) is 0 Å². The normalized spacial score (nSPS) is 13.9. The van der Waals surface area contributed by atoms with E-state index in [2.05, 4.69) is 15.0 Å². The first-order valence-corrected chi connectivity index (χ1v) is 5.62. The summed E-state index contributed by atoms with van der Waals surface area (Å²) in [5, 5.41) is 6.45. The Labute approximate surface area is 105 Å². The predicted octanol–water partition coefficient (Wildman–Crippen LogP) is 1.16. The molecule has 1 heterocycles. The minimum Gasteiger partial charge on any atom is -0.364 e. The van der Waals surface area contributed by atoms with Gasteiger partial charge in [-0.05, 0) is 12.5 Å². The zero-order valence-corrected chi connectivity index (χ0v) is 10.1. The van der Waals surface area contributed by atoms with Crippen LogP contribution >= 0.6 is 0 Å². The van der Waals surface area contributed by atoms with Crippen molar-refractivity contribution in [2.24, 2.45) is 5.73 Å². The van der Waals surface area contributed by atoms with Crippen molar-refractivity contribution >= 4 is 5.91 Å².